The van der Waals surface area contributed by atoms with E-state index in [1.807, 2.05) is 13.0 Å². The lowest BCUT2D eigenvalue weighted by molar-refractivity contribution is -0.117. The summed E-state index contributed by atoms with van der Waals surface area (Å²) in [5, 5.41) is 0.375. The third kappa shape index (κ3) is 3.67. The minimum absolute atomic E-state index is 0.0345. The van der Waals surface area contributed by atoms with Crippen molar-refractivity contribution in [3.63, 3.8) is 0 Å². The first kappa shape index (κ1) is 20.7. The van der Waals surface area contributed by atoms with Crippen LogP contribution in [0.5, 0.6) is 11.5 Å². The lowest BCUT2D eigenvalue weighted by Crippen LogP contribution is -2.30. The van der Waals surface area contributed by atoms with Crippen LogP contribution in [0.2, 0.25) is 5.02 Å². The Hall–Kier alpha value is -2.53. The normalized spacial score (nSPS) is 19.3. The number of hydrogen-bond acceptors (Lipinski definition) is 5. The summed E-state index contributed by atoms with van der Waals surface area (Å²) in [4.78, 5) is 25.9. The van der Waals surface area contributed by atoms with E-state index < -0.39 is 5.92 Å². The number of halogens is 1. The van der Waals surface area contributed by atoms with Crippen LogP contribution in [0.1, 0.15) is 56.9 Å². The molecular weight excluding hydrogens is 404 g/mol. The van der Waals surface area contributed by atoms with Gasteiger partial charge < -0.3 is 14.2 Å². The summed E-state index contributed by atoms with van der Waals surface area (Å²) in [5.41, 5.74) is 1.94. The molecule has 1 heterocycles. The van der Waals surface area contributed by atoms with Crippen molar-refractivity contribution in [2.75, 3.05) is 13.2 Å². The summed E-state index contributed by atoms with van der Waals surface area (Å²) in [5.74, 6) is 1.91. The third-order valence-corrected chi connectivity index (χ3v) is 5.93. The molecule has 0 saturated heterocycles. The second-order valence-corrected chi connectivity index (χ2v) is 8.03. The van der Waals surface area contributed by atoms with E-state index in [4.69, 9.17) is 25.8 Å². The molecule has 0 atom stereocenters. The second kappa shape index (κ2) is 8.68. The van der Waals surface area contributed by atoms with Crippen LogP contribution in [0.4, 0.5) is 0 Å². The summed E-state index contributed by atoms with van der Waals surface area (Å²) in [6.07, 6.45) is 5.49. The Morgan fingerprint density at radius 3 is 2.27 bits per heavy atom. The Labute approximate surface area is 181 Å². The van der Waals surface area contributed by atoms with Crippen molar-refractivity contribution in [1.82, 2.24) is 0 Å². The van der Waals surface area contributed by atoms with E-state index in [0.29, 0.717) is 71.5 Å². The molecule has 0 saturated carbocycles. The van der Waals surface area contributed by atoms with Gasteiger partial charge in [-0.05, 0) is 37.5 Å². The van der Waals surface area contributed by atoms with Gasteiger partial charge in [-0.15, -0.1) is 0 Å². The van der Waals surface area contributed by atoms with E-state index in [1.54, 1.807) is 12.1 Å². The van der Waals surface area contributed by atoms with Crippen molar-refractivity contribution in [2.45, 2.75) is 51.4 Å². The number of hydrogen-bond donors (Lipinski definition) is 0. The van der Waals surface area contributed by atoms with Crippen LogP contribution >= 0.6 is 11.6 Å². The van der Waals surface area contributed by atoms with Crippen LogP contribution in [-0.4, -0.2) is 24.8 Å². The Morgan fingerprint density at radius 2 is 1.70 bits per heavy atom. The van der Waals surface area contributed by atoms with Crippen LogP contribution in [-0.2, 0) is 14.3 Å². The predicted molar refractivity (Wildman–Crippen MR) is 114 cm³/mol. The van der Waals surface area contributed by atoms with Crippen molar-refractivity contribution >= 4 is 23.2 Å². The number of Topliss-reactive ketones (excluding diaryl/α,β-unsaturated/α-hetero) is 2. The van der Waals surface area contributed by atoms with Crippen LogP contribution in [0.3, 0.4) is 0 Å². The predicted octanol–water partition coefficient (Wildman–Crippen LogP) is 5.43. The van der Waals surface area contributed by atoms with Gasteiger partial charge in [0.05, 0.1) is 11.6 Å². The van der Waals surface area contributed by atoms with Crippen molar-refractivity contribution in [1.29, 1.82) is 0 Å². The molecule has 2 aliphatic carbocycles. The number of carbonyl (C=O) groups is 2. The van der Waals surface area contributed by atoms with Crippen LogP contribution in [0.25, 0.3) is 0 Å². The summed E-state index contributed by atoms with van der Waals surface area (Å²) >= 11 is 6.58. The zero-order valence-corrected chi connectivity index (χ0v) is 17.8. The zero-order valence-electron chi connectivity index (χ0n) is 17.1. The maximum Gasteiger partial charge on any atom is 0.180 e. The number of benzene rings is 1. The van der Waals surface area contributed by atoms with Crippen molar-refractivity contribution in [3.05, 3.63) is 58.0 Å². The average Bonchev–Trinajstić information content (AvgIpc) is 2.72. The first-order valence-corrected chi connectivity index (χ1v) is 10.8. The molecule has 0 spiro atoms. The molecule has 0 aromatic heterocycles. The van der Waals surface area contributed by atoms with Gasteiger partial charge in [0.15, 0.2) is 23.1 Å². The van der Waals surface area contributed by atoms with E-state index >= 15 is 0 Å². The molecule has 5 nitrogen and oxygen atoms in total. The largest absolute Gasteiger partial charge is 0.490 e. The van der Waals surface area contributed by atoms with Crippen molar-refractivity contribution in [2.24, 2.45) is 0 Å². The SMILES string of the molecule is C=CCOc1c(Cl)cc(C2C3=C(CCCC3=O)OC3=C2C(=O)CCC3)cc1OCC. The van der Waals surface area contributed by atoms with Gasteiger partial charge in [-0.25, -0.2) is 0 Å². The Kier molecular flexibility index (Phi) is 6.00. The molecule has 6 heteroatoms. The van der Waals surface area contributed by atoms with Gasteiger partial charge in [0.2, 0.25) is 0 Å². The number of carbonyl (C=O) groups excluding carboxylic acids is 2. The molecule has 1 aromatic carbocycles. The minimum atomic E-state index is -0.477. The molecule has 1 aliphatic heterocycles. The van der Waals surface area contributed by atoms with E-state index in [2.05, 4.69) is 6.58 Å². The molecule has 0 bridgehead atoms. The molecule has 3 aliphatic rings. The lowest BCUT2D eigenvalue weighted by Gasteiger charge is -2.36. The van der Waals surface area contributed by atoms with Crippen LogP contribution in [0, 0.1) is 0 Å². The fraction of sp³-hybridized carbons (Fsp3) is 0.417. The quantitative estimate of drug-likeness (QED) is 0.565. The summed E-state index contributed by atoms with van der Waals surface area (Å²) in [6, 6.07) is 3.61. The van der Waals surface area contributed by atoms with Gasteiger partial charge in [-0.3, -0.25) is 9.59 Å². The summed E-state index contributed by atoms with van der Waals surface area (Å²) in [6.45, 7) is 6.26. The maximum atomic E-state index is 12.9. The fourth-order valence-electron chi connectivity index (χ4n) is 4.45. The molecule has 4 rings (SSSR count). The Morgan fingerprint density at radius 1 is 1.07 bits per heavy atom. The van der Waals surface area contributed by atoms with E-state index in [9.17, 15) is 9.59 Å². The number of ketones is 2. The topological polar surface area (TPSA) is 61.8 Å². The van der Waals surface area contributed by atoms with E-state index in [-0.39, 0.29) is 18.2 Å². The molecule has 1 aromatic rings. The highest BCUT2D eigenvalue weighted by Gasteiger charge is 2.42. The Balaban J connectivity index is 1.88. The Bertz CT molecular complexity index is 930. The molecular formula is C24H25ClO5. The van der Waals surface area contributed by atoms with Crippen molar-refractivity contribution < 1.29 is 23.8 Å². The molecule has 0 amide bonds. The number of ether oxygens (including phenoxy) is 3. The van der Waals surface area contributed by atoms with E-state index in [0.717, 1.165) is 18.4 Å². The maximum absolute atomic E-state index is 12.9. The zero-order chi connectivity index (χ0) is 21.3. The third-order valence-electron chi connectivity index (χ3n) is 5.65. The van der Waals surface area contributed by atoms with Crippen LogP contribution < -0.4 is 9.47 Å². The highest BCUT2D eigenvalue weighted by Crippen LogP contribution is 2.50. The van der Waals surface area contributed by atoms with Gasteiger partial charge in [0.25, 0.3) is 0 Å². The van der Waals surface area contributed by atoms with Gasteiger partial charge in [-0.2, -0.15) is 0 Å². The minimum Gasteiger partial charge on any atom is -0.490 e. The molecule has 0 unspecified atom stereocenters. The molecule has 0 radical (unpaired) electrons. The highest BCUT2D eigenvalue weighted by atomic mass is 35.5. The van der Waals surface area contributed by atoms with Gasteiger partial charge in [-0.1, -0.05) is 24.3 Å². The molecule has 0 fully saturated rings. The summed E-state index contributed by atoms with van der Waals surface area (Å²) in [7, 11) is 0. The second-order valence-electron chi connectivity index (χ2n) is 7.62. The summed E-state index contributed by atoms with van der Waals surface area (Å²) < 4.78 is 17.6. The standard InChI is InChI=1S/C24H25ClO5/c1-3-11-29-24-15(25)12-14(13-20(24)28-4-2)21-22-16(26)7-5-9-18(22)30-19-10-6-8-17(27)23(19)21/h3,12-13,21H,1,4-11H2,2H3. The van der Waals surface area contributed by atoms with Gasteiger partial charge >= 0.3 is 0 Å². The lowest BCUT2D eigenvalue weighted by atomic mass is 9.73. The van der Waals surface area contributed by atoms with Gasteiger partial charge in [0, 0.05) is 42.7 Å². The smallest absolute Gasteiger partial charge is 0.180 e. The first-order chi connectivity index (χ1) is 14.5. The molecule has 30 heavy (non-hydrogen) atoms. The fourth-order valence-corrected chi connectivity index (χ4v) is 4.72. The van der Waals surface area contributed by atoms with E-state index in [1.165, 1.54) is 0 Å². The average molecular weight is 429 g/mol. The first-order valence-electron chi connectivity index (χ1n) is 10.4. The molecule has 158 valence electrons. The van der Waals surface area contributed by atoms with Crippen molar-refractivity contribution in [3.8, 4) is 11.5 Å². The molecule has 0 N–H and O–H groups in total. The van der Waals surface area contributed by atoms with Crippen LogP contribution in [0.15, 0.2) is 47.5 Å². The number of allylic oxidation sites excluding steroid dienone is 4. The highest BCUT2D eigenvalue weighted by molar-refractivity contribution is 6.32. The monoisotopic (exact) mass is 428 g/mol. The number of rotatable bonds is 6. The van der Waals surface area contributed by atoms with Gasteiger partial charge in [0.1, 0.15) is 18.1 Å².